The fourth-order valence-electron chi connectivity index (χ4n) is 2.15. The molecule has 82 valence electrons. The van der Waals surface area contributed by atoms with Crippen LogP contribution in [-0.4, -0.2) is 11.2 Å². The Labute approximate surface area is 88.2 Å². The molecule has 0 aromatic rings. The molecule has 1 aliphatic carbocycles. The van der Waals surface area contributed by atoms with Crippen LogP contribution in [0, 0.1) is 5.92 Å². The monoisotopic (exact) mass is 196 g/mol. The lowest BCUT2D eigenvalue weighted by molar-refractivity contribution is 0.207. The van der Waals surface area contributed by atoms with Crippen molar-refractivity contribution in [2.75, 3.05) is 0 Å². The van der Waals surface area contributed by atoms with E-state index in [0.29, 0.717) is 5.92 Å². The van der Waals surface area contributed by atoms with Crippen molar-refractivity contribution in [3.8, 4) is 0 Å². The number of unbranched alkanes of at least 4 members (excludes halogenated alkanes) is 5. The van der Waals surface area contributed by atoms with Gasteiger partial charge in [0.1, 0.15) is 0 Å². The van der Waals surface area contributed by atoms with Crippen LogP contribution < -0.4 is 0 Å². The standard InChI is InChI=1S/C13H24O/c1-2-3-4-5-6-7-8-12-9-10-13(14)11-12/h9-10,12-14H,2-8,11H2,1H3/t12?,13-/m1/s1. The van der Waals surface area contributed by atoms with Crippen LogP contribution in [0.4, 0.5) is 0 Å². The number of allylic oxidation sites excluding steroid dienone is 1. The van der Waals surface area contributed by atoms with Gasteiger partial charge in [-0.25, -0.2) is 0 Å². The summed E-state index contributed by atoms with van der Waals surface area (Å²) < 4.78 is 0. The first kappa shape index (κ1) is 11.8. The van der Waals surface area contributed by atoms with E-state index in [9.17, 15) is 5.11 Å². The van der Waals surface area contributed by atoms with Crippen molar-refractivity contribution in [3.63, 3.8) is 0 Å². The molecule has 0 spiro atoms. The first-order valence-corrected chi connectivity index (χ1v) is 6.19. The summed E-state index contributed by atoms with van der Waals surface area (Å²) >= 11 is 0. The maximum absolute atomic E-state index is 9.29. The van der Waals surface area contributed by atoms with Crippen molar-refractivity contribution in [2.45, 2.75) is 64.4 Å². The minimum atomic E-state index is -0.153. The van der Waals surface area contributed by atoms with Crippen molar-refractivity contribution in [1.82, 2.24) is 0 Å². The topological polar surface area (TPSA) is 20.2 Å². The van der Waals surface area contributed by atoms with Crippen LogP contribution in [0.5, 0.6) is 0 Å². The Kier molecular flexibility index (Phi) is 5.93. The van der Waals surface area contributed by atoms with Crippen LogP contribution >= 0.6 is 0 Å². The van der Waals surface area contributed by atoms with Crippen LogP contribution in [0.15, 0.2) is 12.2 Å². The van der Waals surface area contributed by atoms with Gasteiger partial charge >= 0.3 is 0 Å². The Balaban J connectivity index is 1.87. The van der Waals surface area contributed by atoms with E-state index >= 15 is 0 Å². The Morgan fingerprint density at radius 3 is 2.43 bits per heavy atom. The number of aliphatic hydroxyl groups is 1. The first-order valence-electron chi connectivity index (χ1n) is 6.19. The van der Waals surface area contributed by atoms with E-state index in [4.69, 9.17) is 0 Å². The molecular formula is C13H24O. The third-order valence-corrected chi connectivity index (χ3v) is 3.08. The smallest absolute Gasteiger partial charge is 0.0726 e. The predicted octanol–water partition coefficient (Wildman–Crippen LogP) is 3.67. The molecule has 1 nitrogen and oxygen atoms in total. The van der Waals surface area contributed by atoms with Crippen molar-refractivity contribution in [2.24, 2.45) is 5.92 Å². The highest BCUT2D eigenvalue weighted by atomic mass is 16.3. The molecule has 0 saturated heterocycles. The molecule has 0 aromatic carbocycles. The molecule has 1 aliphatic rings. The fourth-order valence-corrected chi connectivity index (χ4v) is 2.15. The fraction of sp³-hybridized carbons (Fsp3) is 0.846. The van der Waals surface area contributed by atoms with Gasteiger partial charge in [-0.3, -0.25) is 0 Å². The molecule has 14 heavy (non-hydrogen) atoms. The van der Waals surface area contributed by atoms with Gasteiger partial charge in [0.25, 0.3) is 0 Å². The van der Waals surface area contributed by atoms with Crippen LogP contribution in [0.1, 0.15) is 58.3 Å². The molecule has 0 aliphatic heterocycles. The average molecular weight is 196 g/mol. The lowest BCUT2D eigenvalue weighted by Crippen LogP contribution is -2.01. The second-order valence-electron chi connectivity index (χ2n) is 4.50. The quantitative estimate of drug-likeness (QED) is 0.486. The summed E-state index contributed by atoms with van der Waals surface area (Å²) in [4.78, 5) is 0. The molecule has 1 rings (SSSR count). The zero-order valence-electron chi connectivity index (χ0n) is 9.41. The molecule has 0 radical (unpaired) electrons. The van der Waals surface area contributed by atoms with E-state index in [1.165, 1.54) is 44.9 Å². The summed E-state index contributed by atoms with van der Waals surface area (Å²) in [6, 6.07) is 0. The molecule has 0 heterocycles. The highest BCUT2D eigenvalue weighted by Gasteiger charge is 2.15. The highest BCUT2D eigenvalue weighted by molar-refractivity contribution is 5.02. The van der Waals surface area contributed by atoms with Crippen molar-refractivity contribution in [1.29, 1.82) is 0 Å². The van der Waals surface area contributed by atoms with E-state index < -0.39 is 0 Å². The van der Waals surface area contributed by atoms with E-state index in [1.807, 2.05) is 6.08 Å². The van der Waals surface area contributed by atoms with Gasteiger partial charge < -0.3 is 5.11 Å². The zero-order valence-corrected chi connectivity index (χ0v) is 9.41. The average Bonchev–Trinajstić information content (AvgIpc) is 2.58. The zero-order chi connectivity index (χ0) is 10.2. The Hall–Kier alpha value is -0.300. The first-order chi connectivity index (χ1) is 6.83. The largest absolute Gasteiger partial charge is 0.389 e. The van der Waals surface area contributed by atoms with Crippen LogP contribution in [0.3, 0.4) is 0 Å². The molecule has 1 heteroatoms. The van der Waals surface area contributed by atoms with Crippen LogP contribution in [0.25, 0.3) is 0 Å². The van der Waals surface area contributed by atoms with Gasteiger partial charge in [0.15, 0.2) is 0 Å². The third kappa shape index (κ3) is 4.80. The lowest BCUT2D eigenvalue weighted by Gasteiger charge is -2.07. The summed E-state index contributed by atoms with van der Waals surface area (Å²) in [6.07, 6.45) is 14.5. The Morgan fingerprint density at radius 2 is 1.79 bits per heavy atom. The summed E-state index contributed by atoms with van der Waals surface area (Å²) in [6.45, 7) is 2.25. The van der Waals surface area contributed by atoms with Gasteiger partial charge in [0.05, 0.1) is 6.10 Å². The van der Waals surface area contributed by atoms with Gasteiger partial charge in [-0.15, -0.1) is 0 Å². The third-order valence-electron chi connectivity index (χ3n) is 3.08. The molecule has 1 unspecified atom stereocenters. The molecule has 0 aromatic heterocycles. The lowest BCUT2D eigenvalue weighted by atomic mass is 9.99. The highest BCUT2D eigenvalue weighted by Crippen LogP contribution is 2.23. The van der Waals surface area contributed by atoms with E-state index in [2.05, 4.69) is 13.0 Å². The van der Waals surface area contributed by atoms with Gasteiger partial charge in [-0.05, 0) is 18.8 Å². The molecular weight excluding hydrogens is 172 g/mol. The Bertz CT molecular complexity index is 163. The number of hydrogen-bond acceptors (Lipinski definition) is 1. The van der Waals surface area contributed by atoms with Gasteiger partial charge in [0.2, 0.25) is 0 Å². The minimum absolute atomic E-state index is 0.153. The number of rotatable bonds is 7. The summed E-state index contributed by atoms with van der Waals surface area (Å²) in [5.74, 6) is 0.663. The second-order valence-corrected chi connectivity index (χ2v) is 4.50. The van der Waals surface area contributed by atoms with Crippen molar-refractivity contribution < 1.29 is 5.11 Å². The Morgan fingerprint density at radius 1 is 1.07 bits per heavy atom. The molecule has 2 atom stereocenters. The molecule has 0 fully saturated rings. The maximum atomic E-state index is 9.29. The summed E-state index contributed by atoms with van der Waals surface area (Å²) in [5.41, 5.74) is 0. The molecule has 1 N–H and O–H groups in total. The van der Waals surface area contributed by atoms with Crippen molar-refractivity contribution in [3.05, 3.63) is 12.2 Å². The van der Waals surface area contributed by atoms with Crippen LogP contribution in [0.2, 0.25) is 0 Å². The van der Waals surface area contributed by atoms with Gasteiger partial charge in [-0.2, -0.15) is 0 Å². The van der Waals surface area contributed by atoms with Gasteiger partial charge in [0, 0.05) is 0 Å². The minimum Gasteiger partial charge on any atom is -0.389 e. The second kappa shape index (κ2) is 7.05. The van der Waals surface area contributed by atoms with Gasteiger partial charge in [-0.1, -0.05) is 57.6 Å². The van der Waals surface area contributed by atoms with E-state index in [1.54, 1.807) is 0 Å². The normalized spacial score (nSPS) is 25.9. The predicted molar refractivity (Wildman–Crippen MR) is 61.2 cm³/mol. The number of aliphatic hydroxyl groups excluding tert-OH is 1. The van der Waals surface area contributed by atoms with Crippen LogP contribution in [-0.2, 0) is 0 Å². The summed E-state index contributed by atoms with van der Waals surface area (Å²) in [7, 11) is 0. The maximum Gasteiger partial charge on any atom is 0.0726 e. The van der Waals surface area contributed by atoms with E-state index in [-0.39, 0.29) is 6.10 Å². The van der Waals surface area contributed by atoms with E-state index in [0.717, 1.165) is 6.42 Å². The molecule has 0 amide bonds. The number of hydrogen-bond donors (Lipinski definition) is 1. The molecule has 0 bridgehead atoms. The summed E-state index contributed by atoms with van der Waals surface area (Å²) in [5, 5.41) is 9.29. The van der Waals surface area contributed by atoms with Crippen molar-refractivity contribution >= 4 is 0 Å². The SMILES string of the molecule is CCCCCCCCC1C=C[C@@H](O)C1. The molecule has 0 saturated carbocycles.